The first-order valence-corrected chi connectivity index (χ1v) is 7.47. The van der Waals surface area contributed by atoms with E-state index in [-0.39, 0.29) is 18.0 Å². The third-order valence-corrected chi connectivity index (χ3v) is 3.85. The fraction of sp³-hybridized carbons (Fsp3) is 0.158. The van der Waals surface area contributed by atoms with Crippen LogP contribution in [0.1, 0.15) is 21.5 Å². The van der Waals surface area contributed by atoms with Crippen molar-refractivity contribution in [3.8, 4) is 0 Å². The van der Waals surface area contributed by atoms with E-state index >= 15 is 0 Å². The van der Waals surface area contributed by atoms with E-state index in [9.17, 15) is 9.59 Å². The van der Waals surface area contributed by atoms with Crippen molar-refractivity contribution in [1.82, 2.24) is 9.88 Å². The van der Waals surface area contributed by atoms with Crippen molar-refractivity contribution >= 4 is 16.8 Å². The highest BCUT2D eigenvalue weighted by molar-refractivity contribution is 5.94. The smallest absolute Gasteiger partial charge is 0.253 e. The van der Waals surface area contributed by atoms with Gasteiger partial charge in [-0.15, -0.1) is 0 Å². The molecular weight excluding hydrogens is 288 g/mol. The molecule has 1 amide bonds. The van der Waals surface area contributed by atoms with Gasteiger partial charge in [0.2, 0.25) is 0 Å². The standard InChI is InChI=1S/C19H18N2O2/c1-13-8-9-17-15(10-13)11-16(18(22)20-17)12-21(2)19(23)14-6-4-3-5-7-14/h3-11H,12H2,1-2H3,(H,20,22). The number of carbonyl (C=O) groups excluding carboxylic acids is 1. The summed E-state index contributed by atoms with van der Waals surface area (Å²) >= 11 is 0. The second kappa shape index (κ2) is 6.08. The van der Waals surface area contributed by atoms with Gasteiger partial charge in [-0.05, 0) is 42.6 Å². The molecule has 1 N–H and O–H groups in total. The Morgan fingerprint density at radius 2 is 1.83 bits per heavy atom. The largest absolute Gasteiger partial charge is 0.337 e. The average molecular weight is 306 g/mol. The lowest BCUT2D eigenvalue weighted by molar-refractivity contribution is 0.0784. The Balaban J connectivity index is 1.90. The first kappa shape index (κ1) is 15.0. The van der Waals surface area contributed by atoms with Gasteiger partial charge in [-0.3, -0.25) is 9.59 Å². The number of H-pyrrole nitrogens is 1. The van der Waals surface area contributed by atoms with Gasteiger partial charge in [0.15, 0.2) is 0 Å². The molecule has 0 aliphatic carbocycles. The molecule has 0 atom stereocenters. The first-order valence-electron chi connectivity index (χ1n) is 7.47. The average Bonchev–Trinajstić information content (AvgIpc) is 2.56. The molecule has 0 unspecified atom stereocenters. The second-order valence-electron chi connectivity index (χ2n) is 5.74. The van der Waals surface area contributed by atoms with E-state index in [1.807, 2.05) is 49.4 Å². The van der Waals surface area contributed by atoms with Crippen LogP contribution in [-0.4, -0.2) is 22.8 Å². The number of hydrogen-bond acceptors (Lipinski definition) is 2. The van der Waals surface area contributed by atoms with Crippen molar-refractivity contribution in [3.63, 3.8) is 0 Å². The Hall–Kier alpha value is -2.88. The van der Waals surface area contributed by atoms with E-state index < -0.39 is 0 Å². The molecule has 0 fully saturated rings. The maximum absolute atomic E-state index is 12.4. The summed E-state index contributed by atoms with van der Waals surface area (Å²) in [7, 11) is 1.70. The van der Waals surface area contributed by atoms with E-state index in [0.29, 0.717) is 11.1 Å². The summed E-state index contributed by atoms with van der Waals surface area (Å²) < 4.78 is 0. The number of carbonyl (C=O) groups is 1. The van der Waals surface area contributed by atoms with Crippen molar-refractivity contribution in [2.24, 2.45) is 0 Å². The molecule has 0 saturated heterocycles. The highest BCUT2D eigenvalue weighted by Crippen LogP contribution is 2.14. The van der Waals surface area contributed by atoms with Gasteiger partial charge in [0, 0.05) is 23.7 Å². The van der Waals surface area contributed by atoms with E-state index in [2.05, 4.69) is 4.98 Å². The van der Waals surface area contributed by atoms with Crippen molar-refractivity contribution in [1.29, 1.82) is 0 Å². The summed E-state index contributed by atoms with van der Waals surface area (Å²) in [4.78, 5) is 29.0. The van der Waals surface area contributed by atoms with Crippen LogP contribution in [0.25, 0.3) is 10.9 Å². The molecule has 0 aliphatic rings. The molecule has 116 valence electrons. The summed E-state index contributed by atoms with van der Waals surface area (Å²) in [5.74, 6) is -0.102. The molecule has 0 bridgehead atoms. The van der Waals surface area contributed by atoms with Gasteiger partial charge in [-0.2, -0.15) is 0 Å². The predicted molar refractivity (Wildman–Crippen MR) is 91.5 cm³/mol. The molecule has 0 radical (unpaired) electrons. The lowest BCUT2D eigenvalue weighted by Crippen LogP contribution is -2.29. The molecule has 3 rings (SSSR count). The van der Waals surface area contributed by atoms with Gasteiger partial charge in [-0.1, -0.05) is 29.8 Å². The molecule has 0 saturated carbocycles. The number of nitrogens with one attached hydrogen (secondary N) is 1. The van der Waals surface area contributed by atoms with Crippen LogP contribution >= 0.6 is 0 Å². The maximum Gasteiger partial charge on any atom is 0.253 e. The lowest BCUT2D eigenvalue weighted by Gasteiger charge is -2.17. The van der Waals surface area contributed by atoms with Gasteiger partial charge in [0.1, 0.15) is 0 Å². The minimum absolute atomic E-state index is 0.102. The van der Waals surface area contributed by atoms with Crippen LogP contribution in [0, 0.1) is 6.92 Å². The summed E-state index contributed by atoms with van der Waals surface area (Å²) in [5, 5.41) is 0.972. The fourth-order valence-corrected chi connectivity index (χ4v) is 2.62. The summed E-state index contributed by atoms with van der Waals surface area (Å²) in [5.41, 5.74) is 2.97. The van der Waals surface area contributed by atoms with Crippen LogP contribution < -0.4 is 5.56 Å². The van der Waals surface area contributed by atoms with Gasteiger partial charge in [-0.25, -0.2) is 0 Å². The van der Waals surface area contributed by atoms with Crippen LogP contribution in [0.4, 0.5) is 0 Å². The highest BCUT2D eigenvalue weighted by Gasteiger charge is 2.13. The number of aryl methyl sites for hydroxylation is 1. The monoisotopic (exact) mass is 306 g/mol. The predicted octanol–water partition coefficient (Wildman–Crippen LogP) is 3.11. The Bertz CT molecular complexity index is 914. The fourth-order valence-electron chi connectivity index (χ4n) is 2.62. The molecule has 1 heterocycles. The third kappa shape index (κ3) is 3.16. The Kier molecular flexibility index (Phi) is 3.98. The van der Waals surface area contributed by atoms with Crippen LogP contribution in [0.2, 0.25) is 0 Å². The number of aromatic nitrogens is 1. The van der Waals surface area contributed by atoms with Crippen molar-refractivity contribution in [2.45, 2.75) is 13.5 Å². The SMILES string of the molecule is Cc1ccc2[nH]c(=O)c(CN(C)C(=O)c3ccccc3)cc2c1. The van der Waals surface area contributed by atoms with Crippen LogP contribution in [0.15, 0.2) is 59.4 Å². The number of rotatable bonds is 3. The van der Waals surface area contributed by atoms with Crippen molar-refractivity contribution < 1.29 is 4.79 Å². The number of hydrogen-bond donors (Lipinski definition) is 1. The molecule has 1 aromatic heterocycles. The number of fused-ring (bicyclic) bond motifs is 1. The zero-order valence-electron chi connectivity index (χ0n) is 13.2. The van der Waals surface area contributed by atoms with E-state index in [1.54, 1.807) is 24.1 Å². The van der Waals surface area contributed by atoms with Gasteiger partial charge in [0.05, 0.1) is 6.54 Å². The normalized spacial score (nSPS) is 10.7. The summed E-state index contributed by atoms with van der Waals surface area (Å²) in [6.07, 6.45) is 0. The van der Waals surface area contributed by atoms with E-state index in [1.165, 1.54) is 0 Å². The first-order chi connectivity index (χ1) is 11.0. The highest BCUT2D eigenvalue weighted by atomic mass is 16.2. The molecule has 2 aromatic carbocycles. The van der Waals surface area contributed by atoms with Gasteiger partial charge >= 0.3 is 0 Å². The Morgan fingerprint density at radius 3 is 2.57 bits per heavy atom. The second-order valence-corrected chi connectivity index (χ2v) is 5.74. The number of amides is 1. The van der Waals surface area contributed by atoms with Crippen LogP contribution in [0.3, 0.4) is 0 Å². The van der Waals surface area contributed by atoms with Crippen LogP contribution in [-0.2, 0) is 6.54 Å². The van der Waals surface area contributed by atoms with E-state index in [0.717, 1.165) is 16.5 Å². The number of nitrogens with zero attached hydrogens (tertiary/aromatic N) is 1. The van der Waals surface area contributed by atoms with Crippen molar-refractivity contribution in [3.05, 3.63) is 81.6 Å². The summed E-state index contributed by atoms with van der Waals surface area (Å²) in [6.45, 7) is 2.28. The molecule has 0 aliphatic heterocycles. The number of aromatic amines is 1. The third-order valence-electron chi connectivity index (χ3n) is 3.85. The minimum atomic E-state index is -0.158. The molecule has 3 aromatic rings. The number of pyridine rings is 1. The minimum Gasteiger partial charge on any atom is -0.337 e. The van der Waals surface area contributed by atoms with Crippen LogP contribution in [0.5, 0.6) is 0 Å². The van der Waals surface area contributed by atoms with Crippen molar-refractivity contribution in [2.75, 3.05) is 7.05 Å². The van der Waals surface area contributed by atoms with Gasteiger partial charge in [0.25, 0.3) is 11.5 Å². The zero-order valence-corrected chi connectivity index (χ0v) is 13.2. The Labute approximate surface area is 134 Å². The molecule has 4 heteroatoms. The molecule has 4 nitrogen and oxygen atoms in total. The molecular formula is C19H18N2O2. The quantitative estimate of drug-likeness (QED) is 0.808. The molecule has 0 spiro atoms. The molecule has 23 heavy (non-hydrogen) atoms. The maximum atomic E-state index is 12.4. The van der Waals surface area contributed by atoms with Gasteiger partial charge < -0.3 is 9.88 Å². The zero-order chi connectivity index (χ0) is 16.4. The Morgan fingerprint density at radius 1 is 1.09 bits per heavy atom. The number of benzene rings is 2. The topological polar surface area (TPSA) is 53.2 Å². The lowest BCUT2D eigenvalue weighted by atomic mass is 10.1. The summed E-state index contributed by atoms with van der Waals surface area (Å²) in [6, 6.07) is 16.8. The van der Waals surface area contributed by atoms with E-state index in [4.69, 9.17) is 0 Å².